The van der Waals surface area contributed by atoms with Gasteiger partial charge in [-0.1, -0.05) is 23.7 Å². The van der Waals surface area contributed by atoms with Crippen molar-refractivity contribution in [2.45, 2.75) is 12.0 Å². The van der Waals surface area contributed by atoms with Crippen LogP contribution in [0.15, 0.2) is 24.3 Å². The molecule has 1 aliphatic carbocycles. The van der Waals surface area contributed by atoms with Crippen LogP contribution < -0.4 is 0 Å². The average Bonchev–Trinajstić information content (AvgIpc) is 2.71. The topological polar surface area (TPSA) is 18.5 Å². The van der Waals surface area contributed by atoms with Crippen LogP contribution in [0.4, 0.5) is 0 Å². The third-order valence-electron chi connectivity index (χ3n) is 2.86. The first-order chi connectivity index (χ1) is 6.31. The third-order valence-corrected chi connectivity index (χ3v) is 3.11. The van der Waals surface area contributed by atoms with Gasteiger partial charge in [0.15, 0.2) is 0 Å². The van der Waals surface area contributed by atoms with E-state index in [9.17, 15) is 0 Å². The van der Waals surface area contributed by atoms with Gasteiger partial charge in [-0.05, 0) is 24.1 Å². The van der Waals surface area contributed by atoms with Crippen molar-refractivity contribution in [3.8, 4) is 0 Å². The summed E-state index contributed by atoms with van der Waals surface area (Å²) >= 11 is 5.81. The lowest BCUT2D eigenvalue weighted by Crippen LogP contribution is -2.07. The number of hydrogen-bond donors (Lipinski definition) is 0. The highest BCUT2D eigenvalue weighted by molar-refractivity contribution is 6.30. The van der Waals surface area contributed by atoms with E-state index in [2.05, 4.69) is 0 Å². The molecule has 68 valence electrons. The number of halogens is 1. The molecule has 1 aliphatic heterocycles. The molecule has 2 atom stereocenters. The lowest BCUT2D eigenvalue weighted by molar-refractivity contribution is -0.304. The molecule has 1 saturated carbocycles. The fraction of sp³-hybridized carbons (Fsp3) is 0.400. The lowest BCUT2D eigenvalue weighted by Gasteiger charge is -2.10. The Morgan fingerprint density at radius 2 is 2.08 bits per heavy atom. The van der Waals surface area contributed by atoms with Crippen LogP contribution in [0.1, 0.15) is 12.0 Å². The number of hydrogen-bond acceptors (Lipinski definition) is 2. The molecule has 1 saturated heterocycles. The van der Waals surface area contributed by atoms with Gasteiger partial charge in [0.2, 0.25) is 0 Å². The van der Waals surface area contributed by atoms with Crippen LogP contribution in [0.2, 0.25) is 5.02 Å². The Hall–Kier alpha value is -0.570. The van der Waals surface area contributed by atoms with Crippen LogP contribution in [0.3, 0.4) is 0 Å². The van der Waals surface area contributed by atoms with Crippen molar-refractivity contribution < 1.29 is 9.78 Å². The summed E-state index contributed by atoms with van der Waals surface area (Å²) in [6.45, 7) is 0.725. The largest absolute Gasteiger partial charge is 0.235 e. The molecule has 2 nitrogen and oxygen atoms in total. The summed E-state index contributed by atoms with van der Waals surface area (Å²) in [5.41, 5.74) is 1.05. The second kappa shape index (κ2) is 2.47. The molecule has 13 heavy (non-hydrogen) atoms. The van der Waals surface area contributed by atoms with Crippen molar-refractivity contribution in [3.63, 3.8) is 0 Å². The minimum Gasteiger partial charge on any atom is -0.235 e. The Balaban J connectivity index is 1.97. The van der Waals surface area contributed by atoms with Crippen LogP contribution in [0, 0.1) is 5.92 Å². The zero-order valence-corrected chi connectivity index (χ0v) is 7.75. The van der Waals surface area contributed by atoms with E-state index in [4.69, 9.17) is 21.4 Å². The molecule has 0 aromatic heterocycles. The van der Waals surface area contributed by atoms with Gasteiger partial charge in [0.05, 0.1) is 6.61 Å². The van der Waals surface area contributed by atoms with Crippen LogP contribution in [-0.2, 0) is 15.4 Å². The minimum absolute atomic E-state index is 0.134. The summed E-state index contributed by atoms with van der Waals surface area (Å²) in [5.74, 6) is 0.550. The molecule has 0 bridgehead atoms. The molecule has 1 aromatic carbocycles. The molecular formula is C10H9ClO2. The van der Waals surface area contributed by atoms with Crippen molar-refractivity contribution in [2.75, 3.05) is 6.61 Å². The number of rotatable bonds is 1. The zero-order chi connectivity index (χ0) is 8.89. The normalized spacial score (nSPS) is 35.9. The van der Waals surface area contributed by atoms with Gasteiger partial charge in [0.25, 0.3) is 0 Å². The summed E-state index contributed by atoms with van der Waals surface area (Å²) in [6.07, 6.45) is 1.08. The van der Waals surface area contributed by atoms with Crippen LogP contribution in [0.5, 0.6) is 0 Å². The molecule has 2 unspecified atom stereocenters. The molecule has 0 radical (unpaired) electrons. The standard InChI is InChI=1S/C10H9ClO2/c11-9-3-1-7(2-4-9)10-5-8(10)6-12-13-10/h1-4,8H,5-6H2. The van der Waals surface area contributed by atoms with Crippen molar-refractivity contribution in [1.29, 1.82) is 0 Å². The molecule has 2 fully saturated rings. The predicted molar refractivity (Wildman–Crippen MR) is 48.3 cm³/mol. The summed E-state index contributed by atoms with van der Waals surface area (Å²) < 4.78 is 0. The van der Waals surface area contributed by atoms with E-state index in [-0.39, 0.29) is 5.60 Å². The quantitative estimate of drug-likeness (QED) is 0.643. The summed E-state index contributed by atoms with van der Waals surface area (Å²) in [6, 6.07) is 7.80. The Labute approximate surface area is 81.3 Å². The SMILES string of the molecule is Clc1ccc(C23CC2COO3)cc1. The van der Waals surface area contributed by atoms with E-state index in [1.165, 1.54) is 5.56 Å². The second-order valence-electron chi connectivity index (χ2n) is 3.67. The maximum absolute atomic E-state index is 5.81. The third kappa shape index (κ3) is 1.03. The van der Waals surface area contributed by atoms with Gasteiger partial charge in [-0.25, -0.2) is 9.78 Å². The predicted octanol–water partition coefficient (Wildman–Crippen LogP) is 2.52. The Kier molecular flexibility index (Phi) is 1.48. The van der Waals surface area contributed by atoms with E-state index in [0.717, 1.165) is 18.1 Å². The Morgan fingerprint density at radius 3 is 2.62 bits per heavy atom. The fourth-order valence-corrected chi connectivity index (χ4v) is 2.08. The summed E-state index contributed by atoms with van der Waals surface area (Å²) in [7, 11) is 0. The van der Waals surface area contributed by atoms with Gasteiger partial charge in [0, 0.05) is 10.9 Å². The van der Waals surface area contributed by atoms with Gasteiger partial charge in [0.1, 0.15) is 5.60 Å². The Morgan fingerprint density at radius 1 is 1.31 bits per heavy atom. The van der Waals surface area contributed by atoms with Crippen molar-refractivity contribution in [2.24, 2.45) is 5.92 Å². The van der Waals surface area contributed by atoms with Crippen molar-refractivity contribution in [3.05, 3.63) is 34.9 Å². The van der Waals surface area contributed by atoms with E-state index in [1.54, 1.807) is 0 Å². The molecule has 3 heteroatoms. The number of fused-ring (bicyclic) bond motifs is 1. The first-order valence-corrected chi connectivity index (χ1v) is 4.76. The average molecular weight is 197 g/mol. The van der Waals surface area contributed by atoms with E-state index < -0.39 is 0 Å². The first kappa shape index (κ1) is 7.80. The fourth-order valence-electron chi connectivity index (χ4n) is 1.96. The van der Waals surface area contributed by atoms with E-state index in [1.807, 2.05) is 24.3 Å². The molecular weight excluding hydrogens is 188 g/mol. The first-order valence-electron chi connectivity index (χ1n) is 4.38. The monoisotopic (exact) mass is 196 g/mol. The van der Waals surface area contributed by atoms with Gasteiger partial charge in [-0.3, -0.25) is 0 Å². The van der Waals surface area contributed by atoms with Crippen molar-refractivity contribution in [1.82, 2.24) is 0 Å². The highest BCUT2D eigenvalue weighted by atomic mass is 35.5. The van der Waals surface area contributed by atoms with E-state index >= 15 is 0 Å². The van der Waals surface area contributed by atoms with Gasteiger partial charge in [-0.15, -0.1) is 0 Å². The van der Waals surface area contributed by atoms with Gasteiger partial charge >= 0.3 is 0 Å². The molecule has 3 rings (SSSR count). The maximum atomic E-state index is 5.81. The minimum atomic E-state index is -0.134. The summed E-state index contributed by atoms with van der Waals surface area (Å²) in [4.78, 5) is 10.3. The maximum Gasteiger partial charge on any atom is 0.134 e. The molecule has 2 aliphatic rings. The van der Waals surface area contributed by atoms with Crippen molar-refractivity contribution >= 4 is 11.6 Å². The Bertz CT molecular complexity index is 335. The van der Waals surface area contributed by atoms with Gasteiger partial charge in [-0.2, -0.15) is 0 Å². The molecule has 0 spiro atoms. The zero-order valence-electron chi connectivity index (χ0n) is 7.00. The van der Waals surface area contributed by atoms with Crippen LogP contribution >= 0.6 is 11.6 Å². The molecule has 1 heterocycles. The highest BCUT2D eigenvalue weighted by Crippen LogP contribution is 2.59. The second-order valence-corrected chi connectivity index (χ2v) is 4.10. The van der Waals surface area contributed by atoms with Gasteiger partial charge < -0.3 is 0 Å². The smallest absolute Gasteiger partial charge is 0.134 e. The highest BCUT2D eigenvalue weighted by Gasteiger charge is 2.62. The summed E-state index contributed by atoms with van der Waals surface area (Å²) in [5, 5.41) is 0.760. The molecule has 0 amide bonds. The molecule has 0 N–H and O–H groups in total. The molecule has 1 aromatic rings. The number of benzene rings is 1. The van der Waals surface area contributed by atoms with E-state index in [0.29, 0.717) is 5.92 Å². The van der Waals surface area contributed by atoms with Crippen LogP contribution in [0.25, 0.3) is 0 Å². The van der Waals surface area contributed by atoms with Crippen LogP contribution in [-0.4, -0.2) is 6.61 Å². The lowest BCUT2D eigenvalue weighted by atomic mass is 10.1.